The van der Waals surface area contributed by atoms with Gasteiger partial charge in [-0.25, -0.2) is 0 Å². The van der Waals surface area contributed by atoms with Crippen LogP contribution in [0.25, 0.3) is 5.65 Å². The monoisotopic (exact) mass is 286 g/mol. The Hall–Kier alpha value is -1.69. The Kier molecular flexibility index (Phi) is 3.25. The highest BCUT2D eigenvalue weighted by Gasteiger charge is 2.34. The van der Waals surface area contributed by atoms with E-state index in [-0.39, 0.29) is 0 Å². The largest absolute Gasteiger partial charge is 0.352 e. The zero-order chi connectivity index (χ0) is 14.2. The number of fused-ring (bicyclic) bond motifs is 1. The van der Waals surface area contributed by atoms with Gasteiger partial charge in [0.1, 0.15) is 12.1 Å². The van der Waals surface area contributed by atoms with Crippen LogP contribution in [0.1, 0.15) is 32.1 Å². The number of rotatable bonds is 3. The number of anilines is 1. The third kappa shape index (κ3) is 2.37. The van der Waals surface area contributed by atoms with E-state index in [0.29, 0.717) is 6.04 Å². The molecule has 112 valence electrons. The Morgan fingerprint density at radius 3 is 2.71 bits per heavy atom. The topological polar surface area (TPSA) is 49.6 Å². The van der Waals surface area contributed by atoms with Crippen LogP contribution >= 0.6 is 0 Å². The van der Waals surface area contributed by atoms with Gasteiger partial charge in [-0.05, 0) is 32.0 Å². The molecule has 2 aromatic heterocycles. The summed E-state index contributed by atoms with van der Waals surface area (Å²) in [7, 11) is 2.30. The smallest absolute Gasteiger partial charge is 0.177 e. The summed E-state index contributed by atoms with van der Waals surface area (Å²) in [6, 6.07) is 5.49. The minimum Gasteiger partial charge on any atom is -0.352 e. The van der Waals surface area contributed by atoms with E-state index in [0.717, 1.165) is 30.6 Å². The SMILES string of the molecule is CN(C1CCCCC1)C1CN(c2ccc3nncn3n2)C1. The molecule has 2 fully saturated rings. The molecular formula is C15H22N6. The van der Waals surface area contributed by atoms with Crippen molar-refractivity contribution < 1.29 is 0 Å². The lowest BCUT2D eigenvalue weighted by Gasteiger charge is -2.48. The molecule has 21 heavy (non-hydrogen) atoms. The summed E-state index contributed by atoms with van der Waals surface area (Å²) in [6.07, 6.45) is 8.62. The average Bonchev–Trinajstić information content (AvgIpc) is 2.94. The highest BCUT2D eigenvalue weighted by molar-refractivity contribution is 5.47. The Morgan fingerprint density at radius 1 is 1.10 bits per heavy atom. The summed E-state index contributed by atoms with van der Waals surface area (Å²) in [5.74, 6) is 1.02. The maximum atomic E-state index is 4.56. The molecule has 3 heterocycles. The first-order chi connectivity index (χ1) is 10.3. The molecule has 0 radical (unpaired) electrons. The Bertz CT molecular complexity index is 611. The minimum atomic E-state index is 0.673. The van der Waals surface area contributed by atoms with Gasteiger partial charge in [0.2, 0.25) is 0 Å². The van der Waals surface area contributed by atoms with Crippen LogP contribution in [0.3, 0.4) is 0 Å². The average molecular weight is 286 g/mol. The molecule has 4 rings (SSSR count). The van der Waals surface area contributed by atoms with Gasteiger partial charge in [-0.15, -0.1) is 15.3 Å². The van der Waals surface area contributed by atoms with Crippen molar-refractivity contribution in [2.45, 2.75) is 44.2 Å². The second-order valence-corrected chi connectivity index (χ2v) is 6.34. The number of likely N-dealkylation sites (N-methyl/N-ethyl adjacent to an activating group) is 1. The fourth-order valence-corrected chi connectivity index (χ4v) is 3.57. The van der Waals surface area contributed by atoms with Crippen molar-refractivity contribution >= 4 is 11.5 Å². The molecular weight excluding hydrogens is 264 g/mol. The molecule has 1 aliphatic heterocycles. The zero-order valence-electron chi connectivity index (χ0n) is 12.5. The van der Waals surface area contributed by atoms with Gasteiger partial charge >= 0.3 is 0 Å². The maximum absolute atomic E-state index is 4.56. The van der Waals surface area contributed by atoms with Crippen molar-refractivity contribution in [2.24, 2.45) is 0 Å². The van der Waals surface area contributed by atoms with Crippen molar-refractivity contribution in [3.63, 3.8) is 0 Å². The van der Waals surface area contributed by atoms with Crippen molar-refractivity contribution in [3.8, 4) is 0 Å². The van der Waals surface area contributed by atoms with Crippen LogP contribution in [-0.2, 0) is 0 Å². The van der Waals surface area contributed by atoms with Crippen LogP contribution < -0.4 is 4.90 Å². The van der Waals surface area contributed by atoms with Crippen molar-refractivity contribution in [1.29, 1.82) is 0 Å². The standard InChI is InChI=1S/C15H22N6/c1-19(12-5-3-2-4-6-12)13-9-20(10-13)15-8-7-14-17-16-11-21(14)18-15/h7-8,11-13H,2-6,9-10H2,1H3. The lowest BCUT2D eigenvalue weighted by atomic mass is 9.92. The van der Waals surface area contributed by atoms with Crippen LogP contribution in [0.2, 0.25) is 0 Å². The molecule has 6 heteroatoms. The summed E-state index contributed by atoms with van der Waals surface area (Å²) in [5.41, 5.74) is 0.801. The molecule has 1 saturated carbocycles. The third-order valence-electron chi connectivity index (χ3n) is 5.06. The van der Waals surface area contributed by atoms with Crippen molar-refractivity contribution in [1.82, 2.24) is 24.7 Å². The highest BCUT2D eigenvalue weighted by atomic mass is 15.4. The lowest BCUT2D eigenvalue weighted by molar-refractivity contribution is 0.117. The predicted molar refractivity (Wildman–Crippen MR) is 81.4 cm³/mol. The zero-order valence-corrected chi connectivity index (χ0v) is 12.5. The first-order valence-corrected chi connectivity index (χ1v) is 7.95. The molecule has 0 N–H and O–H groups in total. The minimum absolute atomic E-state index is 0.673. The Labute approximate surface area is 124 Å². The third-order valence-corrected chi connectivity index (χ3v) is 5.06. The van der Waals surface area contributed by atoms with Crippen LogP contribution in [0, 0.1) is 0 Å². The van der Waals surface area contributed by atoms with E-state index in [2.05, 4.69) is 32.1 Å². The van der Waals surface area contributed by atoms with Crippen LogP contribution in [0.4, 0.5) is 5.82 Å². The van der Waals surface area contributed by atoms with Gasteiger partial charge in [0.25, 0.3) is 0 Å². The fraction of sp³-hybridized carbons (Fsp3) is 0.667. The van der Waals surface area contributed by atoms with Gasteiger partial charge in [-0.1, -0.05) is 19.3 Å². The van der Waals surface area contributed by atoms with Crippen LogP contribution in [0.15, 0.2) is 18.5 Å². The lowest BCUT2D eigenvalue weighted by Crippen LogP contribution is -2.61. The van der Waals surface area contributed by atoms with Gasteiger partial charge < -0.3 is 4.90 Å². The quantitative estimate of drug-likeness (QED) is 0.857. The first kappa shape index (κ1) is 13.0. The second kappa shape index (κ2) is 5.26. The predicted octanol–water partition coefficient (Wildman–Crippen LogP) is 1.58. The van der Waals surface area contributed by atoms with Gasteiger partial charge in [-0.2, -0.15) is 4.52 Å². The van der Waals surface area contributed by atoms with Gasteiger partial charge in [0.05, 0.1) is 0 Å². The van der Waals surface area contributed by atoms with E-state index in [1.54, 1.807) is 10.8 Å². The van der Waals surface area contributed by atoms with E-state index in [4.69, 9.17) is 0 Å². The molecule has 2 aliphatic rings. The second-order valence-electron chi connectivity index (χ2n) is 6.34. The normalized spacial score (nSPS) is 21.1. The molecule has 0 amide bonds. The number of aromatic nitrogens is 4. The van der Waals surface area contributed by atoms with Crippen LogP contribution in [0.5, 0.6) is 0 Å². The highest BCUT2D eigenvalue weighted by Crippen LogP contribution is 2.27. The fourth-order valence-electron chi connectivity index (χ4n) is 3.57. The van der Waals surface area contributed by atoms with E-state index in [9.17, 15) is 0 Å². The van der Waals surface area contributed by atoms with Gasteiger partial charge in [0, 0.05) is 25.2 Å². The Balaban J connectivity index is 1.39. The first-order valence-electron chi connectivity index (χ1n) is 7.95. The van der Waals surface area contributed by atoms with Crippen LogP contribution in [-0.4, -0.2) is 56.9 Å². The van der Waals surface area contributed by atoms with E-state index in [1.165, 1.54) is 32.1 Å². The molecule has 0 atom stereocenters. The molecule has 0 aromatic carbocycles. The molecule has 0 unspecified atom stereocenters. The number of hydrogen-bond donors (Lipinski definition) is 0. The molecule has 6 nitrogen and oxygen atoms in total. The molecule has 2 aromatic rings. The summed E-state index contributed by atoms with van der Waals surface area (Å²) in [4.78, 5) is 4.94. The van der Waals surface area contributed by atoms with Gasteiger partial charge in [-0.3, -0.25) is 4.90 Å². The van der Waals surface area contributed by atoms with Crippen molar-refractivity contribution in [2.75, 3.05) is 25.0 Å². The number of hydrogen-bond acceptors (Lipinski definition) is 5. The van der Waals surface area contributed by atoms with E-state index >= 15 is 0 Å². The summed E-state index contributed by atoms with van der Waals surface area (Å²) >= 11 is 0. The summed E-state index contributed by atoms with van der Waals surface area (Å²) in [6.45, 7) is 2.15. The molecule has 0 bridgehead atoms. The molecule has 0 spiro atoms. The summed E-state index contributed by atoms with van der Waals surface area (Å²) in [5, 5.41) is 12.4. The number of nitrogens with zero attached hydrogens (tertiary/aromatic N) is 6. The van der Waals surface area contributed by atoms with E-state index < -0.39 is 0 Å². The van der Waals surface area contributed by atoms with Gasteiger partial charge in [0.15, 0.2) is 5.65 Å². The van der Waals surface area contributed by atoms with E-state index in [1.807, 2.05) is 12.1 Å². The molecule has 1 saturated heterocycles. The summed E-state index contributed by atoms with van der Waals surface area (Å²) < 4.78 is 1.74. The maximum Gasteiger partial charge on any atom is 0.177 e. The van der Waals surface area contributed by atoms with Crippen molar-refractivity contribution in [3.05, 3.63) is 18.5 Å². The molecule has 1 aliphatic carbocycles. The Morgan fingerprint density at radius 2 is 1.90 bits per heavy atom.